The van der Waals surface area contributed by atoms with Gasteiger partial charge in [-0.3, -0.25) is 24.5 Å². The number of rotatable bonds is 4. The molecule has 9 heteroatoms. The van der Waals surface area contributed by atoms with Crippen molar-refractivity contribution in [1.82, 2.24) is 0 Å². The number of carbonyl (C=O) groups excluding carboxylic acids is 2. The maximum atomic E-state index is 13.6. The highest BCUT2D eigenvalue weighted by atomic mass is 79.9. The fourth-order valence-corrected chi connectivity index (χ4v) is 4.71. The van der Waals surface area contributed by atoms with E-state index in [1.165, 1.54) is 17.2 Å². The molecule has 3 aromatic carbocycles. The molecule has 8 nitrogen and oxygen atoms in total. The average Bonchev–Trinajstić information content (AvgIpc) is 3.31. The maximum Gasteiger partial charge on any atom is 0.269 e. The molecule has 0 N–H and O–H groups in total. The van der Waals surface area contributed by atoms with Crippen molar-refractivity contribution in [2.24, 2.45) is 5.92 Å². The molecule has 3 aromatic rings. The number of para-hydroxylation sites is 2. The molecule has 2 saturated heterocycles. The van der Waals surface area contributed by atoms with Crippen LogP contribution in [0.2, 0.25) is 0 Å². The molecule has 2 amide bonds. The Morgan fingerprint density at radius 1 is 0.906 bits per heavy atom. The predicted molar refractivity (Wildman–Crippen MR) is 120 cm³/mol. The lowest BCUT2D eigenvalue weighted by atomic mass is 9.90. The molecular formula is C23H16BrN3O5. The van der Waals surface area contributed by atoms with Gasteiger partial charge in [0.05, 0.1) is 22.3 Å². The molecule has 0 saturated carbocycles. The van der Waals surface area contributed by atoms with Crippen molar-refractivity contribution in [3.8, 4) is 0 Å². The third-order valence-corrected chi connectivity index (χ3v) is 6.31. The van der Waals surface area contributed by atoms with Crippen molar-refractivity contribution in [2.45, 2.75) is 12.1 Å². The van der Waals surface area contributed by atoms with Gasteiger partial charge in [0.1, 0.15) is 5.92 Å². The highest BCUT2D eigenvalue weighted by molar-refractivity contribution is 9.10. The highest BCUT2D eigenvalue weighted by Gasteiger charge is 2.60. The van der Waals surface area contributed by atoms with Gasteiger partial charge in [0, 0.05) is 16.6 Å². The number of amides is 2. The molecule has 32 heavy (non-hydrogen) atoms. The normalized spacial score (nSPS) is 22.3. The number of hydrogen-bond donors (Lipinski definition) is 0. The minimum absolute atomic E-state index is 0.0987. The van der Waals surface area contributed by atoms with E-state index in [1.807, 2.05) is 18.2 Å². The van der Waals surface area contributed by atoms with E-state index < -0.39 is 34.8 Å². The van der Waals surface area contributed by atoms with Gasteiger partial charge in [0.2, 0.25) is 5.91 Å². The monoisotopic (exact) mass is 493 g/mol. The lowest BCUT2D eigenvalue weighted by Crippen LogP contribution is -2.37. The number of halogens is 1. The van der Waals surface area contributed by atoms with Gasteiger partial charge in [0.25, 0.3) is 11.6 Å². The molecule has 3 atom stereocenters. The van der Waals surface area contributed by atoms with E-state index in [9.17, 15) is 19.7 Å². The van der Waals surface area contributed by atoms with Gasteiger partial charge in [-0.15, -0.1) is 0 Å². The first-order valence-electron chi connectivity index (χ1n) is 9.85. The Kier molecular flexibility index (Phi) is 4.99. The summed E-state index contributed by atoms with van der Waals surface area (Å²) in [6, 6.07) is 21.4. The first kappa shape index (κ1) is 20.3. The highest BCUT2D eigenvalue weighted by Crippen LogP contribution is 2.48. The van der Waals surface area contributed by atoms with E-state index in [0.29, 0.717) is 21.4 Å². The molecule has 0 spiro atoms. The van der Waals surface area contributed by atoms with Crippen LogP contribution in [0.4, 0.5) is 17.1 Å². The number of imide groups is 1. The second kappa shape index (κ2) is 7.85. The van der Waals surface area contributed by atoms with Crippen molar-refractivity contribution in [2.75, 3.05) is 9.96 Å². The number of nitro groups is 1. The molecule has 5 rings (SSSR count). The van der Waals surface area contributed by atoms with Gasteiger partial charge in [-0.25, -0.2) is 9.96 Å². The predicted octanol–water partition coefficient (Wildman–Crippen LogP) is 4.41. The summed E-state index contributed by atoms with van der Waals surface area (Å²) in [7, 11) is 0. The van der Waals surface area contributed by atoms with Crippen LogP contribution in [0.5, 0.6) is 0 Å². The van der Waals surface area contributed by atoms with Gasteiger partial charge in [-0.05, 0) is 45.8 Å². The smallest absolute Gasteiger partial charge is 0.269 e. The van der Waals surface area contributed by atoms with Crippen LogP contribution < -0.4 is 9.96 Å². The summed E-state index contributed by atoms with van der Waals surface area (Å²) >= 11 is 3.40. The van der Waals surface area contributed by atoms with Gasteiger partial charge in [-0.1, -0.05) is 42.5 Å². The fraction of sp³-hybridized carbons (Fsp3) is 0.130. The molecule has 0 aliphatic carbocycles. The Balaban J connectivity index is 1.62. The van der Waals surface area contributed by atoms with Crippen molar-refractivity contribution in [3.05, 3.63) is 99.0 Å². The van der Waals surface area contributed by atoms with E-state index in [4.69, 9.17) is 4.84 Å². The van der Waals surface area contributed by atoms with Gasteiger partial charge in [0.15, 0.2) is 6.10 Å². The van der Waals surface area contributed by atoms with Gasteiger partial charge >= 0.3 is 0 Å². The Bertz CT molecular complexity index is 1240. The van der Waals surface area contributed by atoms with Crippen molar-refractivity contribution in [3.63, 3.8) is 0 Å². The molecular weight excluding hydrogens is 478 g/mol. The van der Waals surface area contributed by atoms with Crippen LogP contribution in [0.3, 0.4) is 0 Å². The molecule has 0 bridgehead atoms. The SMILES string of the molecule is O=C1[C@H]2[C@@H](ON(c3ccccc3)[C@H]2c2cccc([N+](=O)[O-])c2)C(=O)N1c1ccccc1Br. The van der Waals surface area contributed by atoms with Crippen LogP contribution in [-0.2, 0) is 14.4 Å². The molecule has 2 aliphatic rings. The fourth-order valence-electron chi connectivity index (χ4n) is 4.25. The quantitative estimate of drug-likeness (QED) is 0.303. The average molecular weight is 494 g/mol. The van der Waals surface area contributed by atoms with E-state index in [2.05, 4.69) is 15.9 Å². The van der Waals surface area contributed by atoms with Crippen LogP contribution in [0.1, 0.15) is 11.6 Å². The summed E-state index contributed by atoms with van der Waals surface area (Å²) in [4.78, 5) is 44.9. The summed E-state index contributed by atoms with van der Waals surface area (Å²) in [5.41, 5.74) is 1.50. The van der Waals surface area contributed by atoms with Crippen LogP contribution in [0, 0.1) is 16.0 Å². The molecule has 0 aromatic heterocycles. The minimum atomic E-state index is -1.04. The third kappa shape index (κ3) is 3.17. The van der Waals surface area contributed by atoms with Crippen molar-refractivity contribution >= 4 is 44.8 Å². The number of fused-ring (bicyclic) bond motifs is 1. The van der Waals surface area contributed by atoms with Crippen LogP contribution in [0.15, 0.2) is 83.3 Å². The molecule has 2 aliphatic heterocycles. The number of benzene rings is 3. The summed E-state index contributed by atoms with van der Waals surface area (Å²) < 4.78 is 0.605. The van der Waals surface area contributed by atoms with E-state index in [0.717, 1.165) is 4.90 Å². The largest absolute Gasteiger partial charge is 0.273 e. The second-order valence-corrected chi connectivity index (χ2v) is 8.33. The molecule has 160 valence electrons. The van der Waals surface area contributed by atoms with E-state index in [-0.39, 0.29) is 5.69 Å². The number of anilines is 2. The number of hydrogen-bond acceptors (Lipinski definition) is 6. The Hall–Kier alpha value is -3.56. The first-order valence-corrected chi connectivity index (χ1v) is 10.6. The first-order chi connectivity index (χ1) is 15.5. The number of nitro benzene ring substituents is 1. The van der Waals surface area contributed by atoms with E-state index in [1.54, 1.807) is 48.5 Å². The van der Waals surface area contributed by atoms with Crippen molar-refractivity contribution in [1.29, 1.82) is 0 Å². The van der Waals surface area contributed by atoms with Gasteiger partial charge in [-0.2, -0.15) is 0 Å². The maximum absolute atomic E-state index is 13.6. The standard InChI is InChI=1S/C23H16BrN3O5/c24-17-11-4-5-12-18(17)25-22(28)19-20(14-7-6-10-16(13-14)27(30)31)26(32-21(19)23(25)29)15-8-2-1-3-9-15/h1-13,19-21H/t19-,20+,21-/m1/s1. The summed E-state index contributed by atoms with van der Waals surface area (Å²) in [5.74, 6) is -1.75. The Morgan fingerprint density at radius 2 is 1.62 bits per heavy atom. The summed E-state index contributed by atoms with van der Waals surface area (Å²) in [6.45, 7) is 0. The molecule has 0 unspecified atom stereocenters. The topological polar surface area (TPSA) is 93.0 Å². The van der Waals surface area contributed by atoms with Crippen molar-refractivity contribution < 1.29 is 19.3 Å². The lowest BCUT2D eigenvalue weighted by molar-refractivity contribution is -0.384. The molecule has 2 heterocycles. The Labute approximate surface area is 191 Å². The third-order valence-electron chi connectivity index (χ3n) is 5.64. The van der Waals surface area contributed by atoms with Gasteiger partial charge < -0.3 is 0 Å². The lowest BCUT2D eigenvalue weighted by Gasteiger charge is -2.28. The van der Waals surface area contributed by atoms with E-state index >= 15 is 0 Å². The number of carbonyl (C=O) groups is 2. The minimum Gasteiger partial charge on any atom is -0.273 e. The zero-order valence-corrected chi connectivity index (χ0v) is 18.1. The zero-order valence-electron chi connectivity index (χ0n) is 16.5. The molecule has 0 radical (unpaired) electrons. The molecule has 2 fully saturated rings. The van der Waals surface area contributed by atoms with Crippen LogP contribution in [0.25, 0.3) is 0 Å². The number of nitrogens with zero attached hydrogens (tertiary/aromatic N) is 3. The zero-order chi connectivity index (χ0) is 22.4. The Morgan fingerprint density at radius 3 is 2.34 bits per heavy atom. The van der Waals surface area contributed by atoms with Crippen LogP contribution in [-0.4, -0.2) is 22.8 Å². The second-order valence-electron chi connectivity index (χ2n) is 7.47. The number of hydroxylamine groups is 1. The van der Waals surface area contributed by atoms with Crippen LogP contribution >= 0.6 is 15.9 Å². The summed E-state index contributed by atoms with van der Waals surface area (Å²) in [6.07, 6.45) is -1.04. The number of non-ortho nitro benzene ring substituents is 1. The summed E-state index contributed by atoms with van der Waals surface area (Å²) in [5, 5.41) is 12.9.